The Hall–Kier alpha value is -1.38. The summed E-state index contributed by atoms with van der Waals surface area (Å²) in [4.78, 5) is 28.9. The van der Waals surface area contributed by atoms with E-state index in [1.54, 1.807) is 18.9 Å². The number of β-amino-alcohol motifs (C(OH)–C–C–N with tert-alkyl or cyclic N) is 1. The predicted molar refractivity (Wildman–Crippen MR) is 94.9 cm³/mol. The van der Waals surface area contributed by atoms with Crippen molar-refractivity contribution in [2.75, 3.05) is 46.4 Å². The Morgan fingerprint density at radius 3 is 2.62 bits per heavy atom. The van der Waals surface area contributed by atoms with Crippen molar-refractivity contribution in [3.63, 3.8) is 0 Å². The molecule has 8 heteroatoms. The second-order valence-corrected chi connectivity index (χ2v) is 8.00. The van der Waals surface area contributed by atoms with E-state index in [-0.39, 0.29) is 23.5 Å². The normalized spacial score (nSPS) is 29.9. The standard InChI is InChI=1S/C18H31N3O5/c1-13-16(23)19(9-10-21(13)17(24)25)7-3-14(12-26-2)20-8-6-18(4-5-18)15(22)11-20/h13-15,22H,3-12H2,1-2H3,(H,24,25)/t13-,14-,15+/m0/s1. The molecule has 2 saturated heterocycles. The maximum absolute atomic E-state index is 12.5. The average molecular weight is 369 g/mol. The van der Waals surface area contributed by atoms with Crippen LogP contribution in [-0.2, 0) is 9.53 Å². The van der Waals surface area contributed by atoms with Crippen LogP contribution >= 0.6 is 0 Å². The first kappa shape index (κ1) is 19.4. The maximum Gasteiger partial charge on any atom is 0.408 e. The van der Waals surface area contributed by atoms with Gasteiger partial charge < -0.3 is 19.8 Å². The molecular weight excluding hydrogens is 338 g/mol. The van der Waals surface area contributed by atoms with Crippen molar-refractivity contribution < 1.29 is 24.5 Å². The number of amides is 2. The van der Waals surface area contributed by atoms with Crippen LogP contribution in [0.5, 0.6) is 0 Å². The van der Waals surface area contributed by atoms with E-state index >= 15 is 0 Å². The van der Waals surface area contributed by atoms with Crippen LogP contribution in [0, 0.1) is 5.41 Å². The third-order valence-corrected chi connectivity index (χ3v) is 6.50. The zero-order valence-corrected chi connectivity index (χ0v) is 15.8. The Labute approximate surface area is 154 Å². The average Bonchev–Trinajstić information content (AvgIpc) is 3.38. The van der Waals surface area contributed by atoms with Gasteiger partial charge in [-0.3, -0.25) is 14.6 Å². The molecule has 3 fully saturated rings. The van der Waals surface area contributed by atoms with Crippen molar-refractivity contribution in [3.8, 4) is 0 Å². The van der Waals surface area contributed by atoms with E-state index in [0.717, 1.165) is 32.2 Å². The van der Waals surface area contributed by atoms with E-state index in [4.69, 9.17) is 9.84 Å². The summed E-state index contributed by atoms with van der Waals surface area (Å²) in [7, 11) is 1.68. The lowest BCUT2D eigenvalue weighted by atomic mass is 9.89. The molecule has 0 bridgehead atoms. The number of hydrogen-bond donors (Lipinski definition) is 2. The Morgan fingerprint density at radius 1 is 1.31 bits per heavy atom. The fourth-order valence-electron chi connectivity index (χ4n) is 4.40. The van der Waals surface area contributed by atoms with Gasteiger partial charge in [-0.25, -0.2) is 4.79 Å². The van der Waals surface area contributed by atoms with Gasteiger partial charge in [-0.2, -0.15) is 0 Å². The SMILES string of the molecule is COC[C@H](CCN1CCN(C(=O)O)[C@@H](C)C1=O)N1CCC2(CC2)[C@H](O)C1. The summed E-state index contributed by atoms with van der Waals surface area (Å²) in [5.74, 6) is -0.134. The molecule has 0 aromatic rings. The lowest BCUT2D eigenvalue weighted by molar-refractivity contribution is -0.140. The Bertz CT molecular complexity index is 539. The van der Waals surface area contributed by atoms with Gasteiger partial charge in [-0.05, 0) is 44.6 Å². The summed E-state index contributed by atoms with van der Waals surface area (Å²) in [5, 5.41) is 19.6. The highest BCUT2D eigenvalue weighted by atomic mass is 16.5. The van der Waals surface area contributed by atoms with Gasteiger partial charge in [0, 0.05) is 39.3 Å². The minimum Gasteiger partial charge on any atom is -0.465 e. The lowest BCUT2D eigenvalue weighted by Crippen LogP contribution is -2.58. The second-order valence-electron chi connectivity index (χ2n) is 8.00. The number of methoxy groups -OCH3 is 1. The molecule has 0 radical (unpaired) electrons. The Kier molecular flexibility index (Phi) is 5.74. The van der Waals surface area contributed by atoms with Crippen LogP contribution in [0.15, 0.2) is 0 Å². The third-order valence-electron chi connectivity index (χ3n) is 6.50. The van der Waals surface area contributed by atoms with Gasteiger partial charge in [0.2, 0.25) is 5.91 Å². The van der Waals surface area contributed by atoms with Crippen LogP contribution in [0.4, 0.5) is 4.79 Å². The molecule has 8 nitrogen and oxygen atoms in total. The Balaban J connectivity index is 1.54. The van der Waals surface area contributed by atoms with Gasteiger partial charge in [-0.15, -0.1) is 0 Å². The maximum atomic E-state index is 12.5. The summed E-state index contributed by atoms with van der Waals surface area (Å²) in [6.45, 7) is 5.21. The summed E-state index contributed by atoms with van der Waals surface area (Å²) in [6, 6.07) is -0.472. The van der Waals surface area contributed by atoms with Crippen molar-refractivity contribution in [2.24, 2.45) is 5.41 Å². The molecule has 1 aliphatic carbocycles. The molecule has 0 aromatic heterocycles. The van der Waals surface area contributed by atoms with Gasteiger partial charge >= 0.3 is 6.09 Å². The van der Waals surface area contributed by atoms with Crippen LogP contribution in [0.2, 0.25) is 0 Å². The van der Waals surface area contributed by atoms with Crippen LogP contribution in [0.1, 0.15) is 32.6 Å². The highest BCUT2D eigenvalue weighted by Gasteiger charge is 2.51. The van der Waals surface area contributed by atoms with Gasteiger partial charge in [-0.1, -0.05) is 0 Å². The number of aliphatic hydroxyl groups is 1. The zero-order chi connectivity index (χ0) is 18.9. The highest BCUT2D eigenvalue weighted by Crippen LogP contribution is 2.53. The van der Waals surface area contributed by atoms with Gasteiger partial charge in [0.1, 0.15) is 6.04 Å². The van der Waals surface area contributed by atoms with E-state index < -0.39 is 12.1 Å². The fraction of sp³-hybridized carbons (Fsp3) is 0.889. The molecule has 0 aromatic carbocycles. The number of ether oxygens (including phenoxy) is 1. The van der Waals surface area contributed by atoms with E-state index in [2.05, 4.69) is 4.90 Å². The van der Waals surface area contributed by atoms with Gasteiger partial charge in [0.05, 0.1) is 12.7 Å². The molecule has 2 N–H and O–H groups in total. The van der Waals surface area contributed by atoms with Crippen LogP contribution in [-0.4, -0.2) is 102 Å². The van der Waals surface area contributed by atoms with Crippen molar-refractivity contribution in [1.29, 1.82) is 0 Å². The van der Waals surface area contributed by atoms with Crippen molar-refractivity contribution >= 4 is 12.0 Å². The van der Waals surface area contributed by atoms with Gasteiger partial charge in [0.15, 0.2) is 0 Å². The number of carbonyl (C=O) groups is 2. The molecule has 0 unspecified atom stereocenters. The fourth-order valence-corrected chi connectivity index (χ4v) is 4.40. The summed E-state index contributed by atoms with van der Waals surface area (Å²) in [6.07, 6.45) is 2.75. The number of carboxylic acid groups (broad SMARTS) is 1. The molecule has 1 saturated carbocycles. The zero-order valence-electron chi connectivity index (χ0n) is 15.8. The van der Waals surface area contributed by atoms with E-state index in [0.29, 0.717) is 32.8 Å². The summed E-state index contributed by atoms with van der Waals surface area (Å²) >= 11 is 0. The number of piperidine rings is 1. The molecule has 148 valence electrons. The molecule has 2 heterocycles. The van der Waals surface area contributed by atoms with E-state index in [1.165, 1.54) is 4.90 Å². The largest absolute Gasteiger partial charge is 0.465 e. The topological polar surface area (TPSA) is 93.6 Å². The summed E-state index contributed by atoms with van der Waals surface area (Å²) in [5.41, 5.74) is 0.173. The van der Waals surface area contributed by atoms with Crippen LogP contribution in [0.3, 0.4) is 0 Å². The highest BCUT2D eigenvalue weighted by molar-refractivity contribution is 5.86. The minimum absolute atomic E-state index is 0.134. The molecule has 3 atom stereocenters. The summed E-state index contributed by atoms with van der Waals surface area (Å²) < 4.78 is 5.38. The minimum atomic E-state index is -1.04. The number of hydrogen-bond acceptors (Lipinski definition) is 5. The van der Waals surface area contributed by atoms with Crippen molar-refractivity contribution in [1.82, 2.24) is 14.7 Å². The van der Waals surface area contributed by atoms with Crippen molar-refractivity contribution in [2.45, 2.75) is 50.8 Å². The lowest BCUT2D eigenvalue weighted by Gasteiger charge is -2.42. The van der Waals surface area contributed by atoms with Crippen LogP contribution < -0.4 is 0 Å². The molecule has 2 amide bonds. The molecule has 2 aliphatic heterocycles. The smallest absolute Gasteiger partial charge is 0.408 e. The second kappa shape index (κ2) is 7.70. The molecular formula is C18H31N3O5. The molecule has 1 spiro atoms. The first-order chi connectivity index (χ1) is 12.4. The van der Waals surface area contributed by atoms with E-state index in [9.17, 15) is 14.7 Å². The molecule has 3 aliphatic rings. The number of likely N-dealkylation sites (tertiary alicyclic amines) is 1. The monoisotopic (exact) mass is 369 g/mol. The Morgan fingerprint density at radius 2 is 2.04 bits per heavy atom. The number of carbonyl (C=O) groups excluding carboxylic acids is 1. The number of aliphatic hydroxyl groups excluding tert-OH is 1. The van der Waals surface area contributed by atoms with Gasteiger partial charge in [0.25, 0.3) is 0 Å². The third kappa shape index (κ3) is 3.82. The molecule has 26 heavy (non-hydrogen) atoms. The quantitative estimate of drug-likeness (QED) is 0.706. The number of piperazine rings is 1. The van der Waals surface area contributed by atoms with E-state index in [1.807, 2.05) is 0 Å². The first-order valence-electron chi connectivity index (χ1n) is 9.57. The van der Waals surface area contributed by atoms with Crippen LogP contribution in [0.25, 0.3) is 0 Å². The number of rotatable bonds is 6. The predicted octanol–water partition coefficient (Wildman–Crippen LogP) is 0.449. The number of nitrogens with zero attached hydrogens (tertiary/aromatic N) is 3. The molecule has 3 rings (SSSR count). The first-order valence-corrected chi connectivity index (χ1v) is 9.57. The van der Waals surface area contributed by atoms with Crippen molar-refractivity contribution in [3.05, 3.63) is 0 Å².